The van der Waals surface area contributed by atoms with Crippen LogP contribution in [0.15, 0.2) is 59.8 Å². The summed E-state index contributed by atoms with van der Waals surface area (Å²) in [6.07, 6.45) is 5.86. The monoisotopic (exact) mass is 392 g/mol. The molecule has 0 radical (unpaired) electrons. The molecule has 1 saturated carbocycles. The highest BCUT2D eigenvalue weighted by molar-refractivity contribution is 7.97. The van der Waals surface area contributed by atoms with Crippen molar-refractivity contribution in [3.05, 3.63) is 66.2 Å². The zero-order valence-electron chi connectivity index (χ0n) is 15.9. The minimum atomic E-state index is -0.257. The highest BCUT2D eigenvalue weighted by Gasteiger charge is 2.52. The van der Waals surface area contributed by atoms with Crippen molar-refractivity contribution in [1.29, 1.82) is 0 Å². The molecule has 6 heteroatoms. The summed E-state index contributed by atoms with van der Waals surface area (Å²) in [5.41, 5.74) is 4.07. The summed E-state index contributed by atoms with van der Waals surface area (Å²) in [5, 5.41) is 0. The van der Waals surface area contributed by atoms with E-state index < -0.39 is 0 Å². The molecule has 0 saturated heterocycles. The molecule has 1 aliphatic carbocycles. The van der Waals surface area contributed by atoms with Gasteiger partial charge in [-0.1, -0.05) is 24.3 Å². The Kier molecular flexibility index (Phi) is 4.14. The van der Waals surface area contributed by atoms with Gasteiger partial charge in [-0.05, 0) is 62.6 Å². The summed E-state index contributed by atoms with van der Waals surface area (Å²) < 4.78 is 16.2. The Morgan fingerprint density at radius 1 is 1.07 bits per heavy atom. The molecular weight excluding hydrogens is 371 g/mol. The lowest BCUT2D eigenvalue weighted by Crippen LogP contribution is -2.21. The van der Waals surface area contributed by atoms with Gasteiger partial charge >= 0.3 is 0 Å². The quantitative estimate of drug-likeness (QED) is 0.581. The minimum absolute atomic E-state index is 0.254. The predicted molar refractivity (Wildman–Crippen MR) is 111 cm³/mol. The van der Waals surface area contributed by atoms with Gasteiger partial charge in [0.05, 0.1) is 0 Å². The molecule has 142 valence electrons. The third-order valence-electron chi connectivity index (χ3n) is 5.50. The van der Waals surface area contributed by atoms with Crippen molar-refractivity contribution in [3.63, 3.8) is 0 Å². The normalized spacial score (nSPS) is 16.6. The van der Waals surface area contributed by atoms with Crippen LogP contribution in [0.3, 0.4) is 0 Å². The maximum Gasteiger partial charge on any atom is 0.229 e. The second-order valence-electron chi connectivity index (χ2n) is 7.70. The van der Waals surface area contributed by atoms with Crippen LogP contribution in [-0.4, -0.2) is 34.9 Å². The van der Waals surface area contributed by atoms with Crippen molar-refractivity contribution in [2.75, 3.05) is 25.5 Å². The van der Waals surface area contributed by atoms with Crippen molar-refractivity contribution in [1.82, 2.24) is 14.3 Å². The van der Waals surface area contributed by atoms with Crippen molar-refractivity contribution in [2.24, 2.45) is 0 Å². The van der Waals surface area contributed by atoms with Crippen LogP contribution >= 0.6 is 11.9 Å². The number of halogens is 1. The van der Waals surface area contributed by atoms with Gasteiger partial charge in [-0.2, -0.15) is 0 Å². The van der Waals surface area contributed by atoms with Crippen molar-refractivity contribution in [3.8, 4) is 11.1 Å². The Morgan fingerprint density at radius 3 is 2.50 bits per heavy atom. The minimum Gasteiger partial charge on any atom is -0.309 e. The number of aromatic nitrogens is 2. The van der Waals surface area contributed by atoms with E-state index in [1.54, 1.807) is 36.5 Å². The van der Waals surface area contributed by atoms with Crippen LogP contribution in [0.4, 0.5) is 16.0 Å². The van der Waals surface area contributed by atoms with E-state index in [4.69, 9.17) is 0 Å². The van der Waals surface area contributed by atoms with Gasteiger partial charge in [-0.15, -0.1) is 0 Å². The molecule has 0 amide bonds. The van der Waals surface area contributed by atoms with Gasteiger partial charge in [0.25, 0.3) is 0 Å². The first-order valence-electron chi connectivity index (χ1n) is 9.40. The molecule has 5 rings (SSSR count). The number of rotatable bonds is 4. The summed E-state index contributed by atoms with van der Waals surface area (Å²) >= 11 is 1.71. The molecule has 28 heavy (non-hydrogen) atoms. The van der Waals surface area contributed by atoms with Crippen molar-refractivity contribution < 1.29 is 4.39 Å². The van der Waals surface area contributed by atoms with E-state index in [0.29, 0.717) is 17.1 Å². The molecule has 3 aromatic rings. The largest absolute Gasteiger partial charge is 0.309 e. The second-order valence-corrected chi connectivity index (χ2v) is 9.08. The van der Waals surface area contributed by atoms with E-state index in [9.17, 15) is 4.39 Å². The molecule has 0 unspecified atom stereocenters. The van der Waals surface area contributed by atoms with Gasteiger partial charge in [0.2, 0.25) is 5.95 Å². The van der Waals surface area contributed by atoms with Crippen LogP contribution < -0.4 is 4.90 Å². The summed E-state index contributed by atoms with van der Waals surface area (Å²) in [7, 11) is 4.09. The fourth-order valence-electron chi connectivity index (χ4n) is 3.98. The number of hydrogen-bond acceptors (Lipinski definition) is 5. The number of anilines is 2. The molecule has 2 aromatic carbocycles. The molecule has 1 aromatic heterocycles. The predicted octanol–water partition coefficient (Wildman–Crippen LogP) is 5.03. The molecule has 2 aliphatic rings. The third kappa shape index (κ3) is 2.97. The van der Waals surface area contributed by atoms with Crippen LogP contribution in [0, 0.1) is 5.82 Å². The smallest absolute Gasteiger partial charge is 0.229 e. The molecule has 0 N–H and O–H groups in total. The van der Waals surface area contributed by atoms with Gasteiger partial charge < -0.3 is 4.90 Å². The van der Waals surface area contributed by atoms with Gasteiger partial charge in [-0.25, -0.2) is 14.4 Å². The summed E-state index contributed by atoms with van der Waals surface area (Å²) in [5.74, 6) is 0.421. The average molecular weight is 393 g/mol. The topological polar surface area (TPSA) is 32.3 Å². The maximum atomic E-state index is 14.1. The van der Waals surface area contributed by atoms with E-state index in [0.717, 1.165) is 6.54 Å². The van der Waals surface area contributed by atoms with E-state index in [-0.39, 0.29) is 11.2 Å². The van der Waals surface area contributed by atoms with Crippen LogP contribution in [0.2, 0.25) is 0 Å². The number of hydrogen-bond donors (Lipinski definition) is 0. The Hall–Kier alpha value is -2.44. The highest BCUT2D eigenvalue weighted by Crippen LogP contribution is 2.58. The summed E-state index contributed by atoms with van der Waals surface area (Å²) in [6.45, 7) is 0.914. The molecule has 0 bridgehead atoms. The van der Waals surface area contributed by atoms with Gasteiger partial charge in [0.15, 0.2) is 0 Å². The lowest BCUT2D eigenvalue weighted by Gasteiger charge is -2.18. The summed E-state index contributed by atoms with van der Waals surface area (Å²) in [4.78, 5) is 12.6. The fourth-order valence-corrected chi connectivity index (χ4v) is 4.69. The van der Waals surface area contributed by atoms with E-state index in [1.807, 2.05) is 20.2 Å². The molecule has 1 fully saturated rings. The zero-order valence-corrected chi connectivity index (χ0v) is 16.7. The third-order valence-corrected chi connectivity index (χ3v) is 6.33. The standard InChI is InChI=1S/C22H21FN4S/c1-26(2)28-16-7-8-18-20(11-16)27(14-22(18)9-10-22)21-24-12-15(13-25-21)17-5-3-4-6-19(17)23/h3-8,11-13H,9-10,14H2,1-2H3. The Labute approximate surface area is 168 Å². The van der Waals surface area contributed by atoms with Crippen molar-refractivity contribution in [2.45, 2.75) is 23.2 Å². The zero-order chi connectivity index (χ0) is 19.3. The Bertz CT molecular complexity index is 1030. The van der Waals surface area contributed by atoms with Crippen LogP contribution in [0.1, 0.15) is 18.4 Å². The molecule has 0 atom stereocenters. The number of benzene rings is 2. The van der Waals surface area contributed by atoms with Crippen LogP contribution in [0.5, 0.6) is 0 Å². The fraction of sp³-hybridized carbons (Fsp3) is 0.273. The Balaban J connectivity index is 1.50. The first kappa shape index (κ1) is 17.6. The van der Waals surface area contributed by atoms with E-state index >= 15 is 0 Å². The molecule has 1 aliphatic heterocycles. The second kappa shape index (κ2) is 6.57. The van der Waals surface area contributed by atoms with Gasteiger partial charge in [0, 0.05) is 46.1 Å². The lowest BCUT2D eigenvalue weighted by atomic mass is 9.99. The van der Waals surface area contributed by atoms with E-state index in [2.05, 4.69) is 37.4 Å². The average Bonchev–Trinajstić information content (AvgIpc) is 3.39. The highest BCUT2D eigenvalue weighted by atomic mass is 32.2. The first-order chi connectivity index (χ1) is 13.6. The molecule has 4 nitrogen and oxygen atoms in total. The maximum absolute atomic E-state index is 14.1. The lowest BCUT2D eigenvalue weighted by molar-refractivity contribution is 0.631. The van der Waals surface area contributed by atoms with Crippen molar-refractivity contribution >= 4 is 23.6 Å². The van der Waals surface area contributed by atoms with E-state index in [1.165, 1.54) is 35.1 Å². The molecule has 1 spiro atoms. The van der Waals surface area contributed by atoms with Gasteiger partial charge in [-0.3, -0.25) is 4.31 Å². The van der Waals surface area contributed by atoms with Crippen LogP contribution in [-0.2, 0) is 5.41 Å². The summed E-state index contributed by atoms with van der Waals surface area (Å²) in [6, 6.07) is 13.4. The van der Waals surface area contributed by atoms with Crippen LogP contribution in [0.25, 0.3) is 11.1 Å². The molecular formula is C22H21FN4S. The SMILES string of the molecule is CN(C)Sc1ccc2c(c1)N(c1ncc(-c3ccccc3F)cn1)CC21CC1. The number of fused-ring (bicyclic) bond motifs is 2. The van der Waals surface area contributed by atoms with Gasteiger partial charge in [0.1, 0.15) is 5.82 Å². The molecule has 2 heterocycles. The first-order valence-corrected chi connectivity index (χ1v) is 10.2. The Morgan fingerprint density at radius 2 is 1.82 bits per heavy atom. The number of nitrogens with zero attached hydrogens (tertiary/aromatic N) is 4.